The molecule has 1 aliphatic heterocycles. The zero-order valence-electron chi connectivity index (χ0n) is 19.5. The maximum atomic E-state index is 13.0. The van der Waals surface area contributed by atoms with E-state index in [1.807, 2.05) is 24.3 Å². The third-order valence-corrected chi connectivity index (χ3v) is 5.97. The van der Waals surface area contributed by atoms with Crippen molar-refractivity contribution in [3.05, 3.63) is 58.6 Å². The van der Waals surface area contributed by atoms with Gasteiger partial charge in [-0.25, -0.2) is 0 Å². The first-order valence-electron chi connectivity index (χ1n) is 11.1. The number of nitrogens with one attached hydrogen (secondary N) is 2. The first-order chi connectivity index (χ1) is 14.9. The lowest BCUT2D eigenvalue weighted by Crippen LogP contribution is -2.57. The van der Waals surface area contributed by atoms with E-state index in [0.29, 0.717) is 41.0 Å². The lowest BCUT2D eigenvalue weighted by molar-refractivity contribution is -0.119. The number of piperidine rings is 1. The Hall–Kier alpha value is -2.37. The molecule has 1 heterocycles. The summed E-state index contributed by atoms with van der Waals surface area (Å²) in [6.45, 7) is 10.7. The molecule has 32 heavy (non-hydrogen) atoms. The molecule has 0 aromatic heterocycles. The molecule has 5 nitrogen and oxygen atoms in total. The minimum absolute atomic E-state index is 0.0104. The highest BCUT2D eigenvalue weighted by Crippen LogP contribution is 2.36. The summed E-state index contributed by atoms with van der Waals surface area (Å²) in [5, 5.41) is 6.83. The maximum absolute atomic E-state index is 13.0. The van der Waals surface area contributed by atoms with Crippen LogP contribution in [0.5, 0.6) is 11.5 Å². The van der Waals surface area contributed by atoms with Crippen molar-refractivity contribution in [2.45, 2.75) is 71.5 Å². The highest BCUT2D eigenvalue weighted by Gasteiger charge is 2.38. The van der Waals surface area contributed by atoms with Crippen LogP contribution in [0.15, 0.2) is 42.5 Å². The summed E-state index contributed by atoms with van der Waals surface area (Å²) in [5.41, 5.74) is 1.55. The Morgan fingerprint density at radius 2 is 1.78 bits per heavy atom. The summed E-state index contributed by atoms with van der Waals surface area (Å²) >= 11 is 6.46. The van der Waals surface area contributed by atoms with Crippen molar-refractivity contribution in [2.24, 2.45) is 5.92 Å². The number of hydrogen-bond acceptors (Lipinski definition) is 4. The van der Waals surface area contributed by atoms with Crippen LogP contribution in [0.4, 0.5) is 0 Å². The summed E-state index contributed by atoms with van der Waals surface area (Å²) in [4.78, 5) is 24.1. The topological polar surface area (TPSA) is 67.4 Å². The summed E-state index contributed by atoms with van der Waals surface area (Å²) < 4.78 is 5.93. The van der Waals surface area contributed by atoms with E-state index in [0.717, 1.165) is 18.4 Å². The maximum Gasteiger partial charge on any atom is 0.217 e. The average molecular weight is 457 g/mol. The van der Waals surface area contributed by atoms with Crippen LogP contribution >= 0.6 is 11.6 Å². The highest BCUT2D eigenvalue weighted by molar-refractivity contribution is 6.32. The second kappa shape index (κ2) is 9.63. The molecule has 1 fully saturated rings. The largest absolute Gasteiger partial charge is 0.456 e. The SMILES string of the molecule is CC(=O)NCc1cccc(Oc2ccc(C(=O)CC3CC(C)(C)NC(C)(C)C3)cc2Cl)c1. The van der Waals surface area contributed by atoms with Gasteiger partial charge in [0.05, 0.1) is 5.02 Å². The van der Waals surface area contributed by atoms with Gasteiger partial charge in [-0.1, -0.05) is 23.7 Å². The number of ketones is 1. The van der Waals surface area contributed by atoms with Crippen LogP contribution in [0.2, 0.25) is 5.02 Å². The number of carbonyl (C=O) groups excluding carboxylic acids is 2. The van der Waals surface area contributed by atoms with Crippen molar-refractivity contribution >= 4 is 23.3 Å². The molecule has 172 valence electrons. The molecule has 0 atom stereocenters. The summed E-state index contributed by atoms with van der Waals surface area (Å²) in [7, 11) is 0. The van der Waals surface area contributed by atoms with Crippen LogP contribution in [-0.2, 0) is 11.3 Å². The molecule has 1 aliphatic rings. The van der Waals surface area contributed by atoms with Gasteiger partial charge in [0.25, 0.3) is 0 Å². The number of carbonyl (C=O) groups is 2. The van der Waals surface area contributed by atoms with Gasteiger partial charge in [0, 0.05) is 36.5 Å². The molecule has 2 N–H and O–H groups in total. The molecule has 0 saturated carbocycles. The first kappa shape index (κ1) is 24.3. The average Bonchev–Trinajstić information content (AvgIpc) is 2.65. The quantitative estimate of drug-likeness (QED) is 0.509. The van der Waals surface area contributed by atoms with Crippen molar-refractivity contribution in [1.29, 1.82) is 0 Å². The number of halogens is 1. The molecule has 0 bridgehead atoms. The van der Waals surface area contributed by atoms with E-state index >= 15 is 0 Å². The van der Waals surface area contributed by atoms with Gasteiger partial charge in [0.2, 0.25) is 5.91 Å². The molecule has 0 unspecified atom stereocenters. The fraction of sp³-hybridized carbons (Fsp3) is 0.462. The highest BCUT2D eigenvalue weighted by atomic mass is 35.5. The smallest absolute Gasteiger partial charge is 0.217 e. The second-order valence-corrected chi connectivity index (χ2v) is 10.5. The molecule has 2 aromatic carbocycles. The molecule has 0 aliphatic carbocycles. The monoisotopic (exact) mass is 456 g/mol. The summed E-state index contributed by atoms with van der Waals surface area (Å²) in [6, 6.07) is 12.7. The zero-order valence-corrected chi connectivity index (χ0v) is 20.3. The molecule has 1 saturated heterocycles. The van der Waals surface area contributed by atoms with E-state index in [-0.39, 0.29) is 22.8 Å². The summed E-state index contributed by atoms with van der Waals surface area (Å²) in [6.07, 6.45) is 2.44. The van der Waals surface area contributed by atoms with E-state index in [9.17, 15) is 9.59 Å². The molecular formula is C26H33ClN2O3. The van der Waals surface area contributed by atoms with Crippen molar-refractivity contribution in [3.8, 4) is 11.5 Å². The van der Waals surface area contributed by atoms with Gasteiger partial charge in [-0.15, -0.1) is 0 Å². The predicted octanol–water partition coefficient (Wildman–Crippen LogP) is 5.90. The van der Waals surface area contributed by atoms with Crippen molar-refractivity contribution in [1.82, 2.24) is 10.6 Å². The van der Waals surface area contributed by atoms with Crippen LogP contribution in [0.1, 0.15) is 69.8 Å². The third kappa shape index (κ3) is 6.81. The molecule has 2 aromatic rings. The lowest BCUT2D eigenvalue weighted by Gasteiger charge is -2.46. The van der Waals surface area contributed by atoms with Crippen LogP contribution in [-0.4, -0.2) is 22.8 Å². The van der Waals surface area contributed by atoms with Crippen molar-refractivity contribution in [2.75, 3.05) is 0 Å². The Morgan fingerprint density at radius 3 is 2.41 bits per heavy atom. The molecule has 3 rings (SSSR count). The minimum atomic E-state index is -0.0868. The Labute approximate surface area is 195 Å². The van der Waals surface area contributed by atoms with E-state index < -0.39 is 0 Å². The first-order valence-corrected chi connectivity index (χ1v) is 11.4. The van der Waals surface area contributed by atoms with Crippen molar-refractivity contribution in [3.63, 3.8) is 0 Å². The number of ether oxygens (including phenoxy) is 1. The van der Waals surface area contributed by atoms with Gasteiger partial charge >= 0.3 is 0 Å². The Bertz CT molecular complexity index is 984. The normalized spacial score (nSPS) is 17.6. The van der Waals surface area contributed by atoms with E-state index in [1.165, 1.54) is 6.92 Å². The lowest BCUT2D eigenvalue weighted by atomic mass is 9.74. The molecule has 1 amide bonds. The third-order valence-electron chi connectivity index (χ3n) is 5.67. The molecular weight excluding hydrogens is 424 g/mol. The van der Waals surface area contributed by atoms with E-state index in [2.05, 4.69) is 38.3 Å². The molecule has 0 spiro atoms. The van der Waals surface area contributed by atoms with Crippen LogP contribution in [0.3, 0.4) is 0 Å². The van der Waals surface area contributed by atoms with Gasteiger partial charge in [-0.3, -0.25) is 9.59 Å². The fourth-order valence-electron chi connectivity index (χ4n) is 4.89. The number of hydrogen-bond donors (Lipinski definition) is 2. The predicted molar refractivity (Wildman–Crippen MR) is 128 cm³/mol. The van der Waals surface area contributed by atoms with Crippen LogP contribution in [0, 0.1) is 5.92 Å². The number of amides is 1. The minimum Gasteiger partial charge on any atom is -0.456 e. The summed E-state index contributed by atoms with van der Waals surface area (Å²) in [5.74, 6) is 1.46. The number of rotatable bonds is 7. The number of Topliss-reactive ketones (excluding diaryl/α,β-unsaturated/α-hetero) is 1. The molecule has 0 radical (unpaired) electrons. The van der Waals surface area contributed by atoms with Gasteiger partial charge in [0.1, 0.15) is 11.5 Å². The van der Waals surface area contributed by atoms with Gasteiger partial charge in [0.15, 0.2) is 5.78 Å². The standard InChI is InChI=1S/C26H33ClN2O3/c1-17(30)28-16-18-7-6-8-21(11-18)32-24-10-9-20(13-22(24)27)23(31)12-19-14-25(2,3)29-26(4,5)15-19/h6-11,13,19,29H,12,14-16H2,1-5H3,(H,28,30). The number of benzene rings is 2. The van der Waals surface area contributed by atoms with Gasteiger partial charge in [-0.05, 0) is 82.3 Å². The van der Waals surface area contributed by atoms with Crippen molar-refractivity contribution < 1.29 is 14.3 Å². The Morgan fingerprint density at radius 1 is 1.09 bits per heavy atom. The van der Waals surface area contributed by atoms with Crippen LogP contribution in [0.25, 0.3) is 0 Å². The van der Waals surface area contributed by atoms with E-state index in [4.69, 9.17) is 16.3 Å². The molecule has 6 heteroatoms. The van der Waals surface area contributed by atoms with Gasteiger partial charge in [-0.2, -0.15) is 0 Å². The van der Waals surface area contributed by atoms with Crippen LogP contribution < -0.4 is 15.4 Å². The van der Waals surface area contributed by atoms with E-state index in [1.54, 1.807) is 18.2 Å². The van der Waals surface area contributed by atoms with Gasteiger partial charge < -0.3 is 15.4 Å². The Balaban J connectivity index is 1.67. The zero-order chi connectivity index (χ0) is 23.5. The fourth-order valence-corrected chi connectivity index (χ4v) is 5.11. The Kier molecular flexibility index (Phi) is 7.31. The second-order valence-electron chi connectivity index (χ2n) is 10.1.